The molecule has 80 valence electrons. The lowest BCUT2D eigenvalue weighted by atomic mass is 10.3. The molecular weight excluding hydrogens is 196 g/mol. The summed E-state index contributed by atoms with van der Waals surface area (Å²) in [6.45, 7) is 0.774. The van der Waals surface area contributed by atoms with E-state index in [0.29, 0.717) is 13.2 Å². The van der Waals surface area contributed by atoms with Crippen LogP contribution >= 0.6 is 0 Å². The van der Waals surface area contributed by atoms with Crippen molar-refractivity contribution in [1.82, 2.24) is 0 Å². The van der Waals surface area contributed by atoms with Crippen molar-refractivity contribution < 1.29 is 19.0 Å². The molecule has 4 heteroatoms. The molecular formula is C11H12O4. The Morgan fingerprint density at radius 1 is 1.33 bits per heavy atom. The van der Waals surface area contributed by atoms with E-state index in [1.165, 1.54) is 0 Å². The van der Waals surface area contributed by atoms with Crippen LogP contribution in [-0.2, 0) is 14.3 Å². The van der Waals surface area contributed by atoms with Crippen LogP contribution in [-0.4, -0.2) is 31.9 Å². The van der Waals surface area contributed by atoms with Gasteiger partial charge in [0, 0.05) is 0 Å². The van der Waals surface area contributed by atoms with Crippen molar-refractivity contribution in [3.8, 4) is 5.75 Å². The second kappa shape index (κ2) is 4.79. The summed E-state index contributed by atoms with van der Waals surface area (Å²) >= 11 is 0. The highest BCUT2D eigenvalue weighted by Gasteiger charge is 2.21. The maximum absolute atomic E-state index is 10.9. The molecule has 1 fully saturated rings. The molecule has 1 heterocycles. The number of benzene rings is 1. The molecule has 0 saturated carbocycles. The van der Waals surface area contributed by atoms with Gasteiger partial charge < -0.3 is 14.2 Å². The summed E-state index contributed by atoms with van der Waals surface area (Å²) in [4.78, 5) is 10.9. The van der Waals surface area contributed by atoms with Gasteiger partial charge in [-0.2, -0.15) is 0 Å². The summed E-state index contributed by atoms with van der Waals surface area (Å²) in [7, 11) is 0. The summed E-state index contributed by atoms with van der Waals surface area (Å²) in [5.74, 6) is 0.432. The molecule has 4 nitrogen and oxygen atoms in total. The zero-order valence-corrected chi connectivity index (χ0v) is 8.22. The zero-order chi connectivity index (χ0) is 10.5. The number of hydrogen-bond donors (Lipinski definition) is 0. The second-order valence-electron chi connectivity index (χ2n) is 3.25. The van der Waals surface area contributed by atoms with E-state index in [1.54, 1.807) is 0 Å². The van der Waals surface area contributed by atoms with Gasteiger partial charge in [0.2, 0.25) is 0 Å². The quantitative estimate of drug-likeness (QED) is 0.695. The van der Waals surface area contributed by atoms with E-state index in [0.717, 1.165) is 5.75 Å². The van der Waals surface area contributed by atoms with Gasteiger partial charge in [0.15, 0.2) is 6.10 Å². The molecule has 0 spiro atoms. The number of hydrogen-bond acceptors (Lipinski definition) is 4. The van der Waals surface area contributed by atoms with Gasteiger partial charge >= 0.3 is 5.97 Å². The fourth-order valence-electron chi connectivity index (χ4n) is 1.32. The van der Waals surface area contributed by atoms with E-state index in [1.807, 2.05) is 30.3 Å². The maximum atomic E-state index is 10.9. The second-order valence-corrected chi connectivity index (χ2v) is 3.25. The Kier molecular flexibility index (Phi) is 3.19. The number of carbonyl (C=O) groups excluding carboxylic acids is 1. The normalized spacial score (nSPS) is 20.8. The van der Waals surface area contributed by atoms with Crippen LogP contribution in [0.4, 0.5) is 0 Å². The molecule has 1 aliphatic rings. The maximum Gasteiger partial charge on any atom is 0.332 e. The van der Waals surface area contributed by atoms with Gasteiger partial charge in [0.25, 0.3) is 0 Å². The van der Waals surface area contributed by atoms with Gasteiger partial charge in [0.1, 0.15) is 19.0 Å². The Balaban J connectivity index is 1.80. The number of cyclic esters (lactones) is 1. The van der Waals surface area contributed by atoms with Crippen molar-refractivity contribution in [1.29, 1.82) is 0 Å². The van der Waals surface area contributed by atoms with Crippen molar-refractivity contribution in [3.63, 3.8) is 0 Å². The van der Waals surface area contributed by atoms with Crippen LogP contribution < -0.4 is 4.74 Å². The Morgan fingerprint density at radius 3 is 2.87 bits per heavy atom. The first kappa shape index (κ1) is 9.98. The van der Waals surface area contributed by atoms with Crippen LogP contribution in [0.25, 0.3) is 0 Å². The summed E-state index contributed by atoms with van der Waals surface area (Å²) in [5.41, 5.74) is 0. The van der Waals surface area contributed by atoms with E-state index in [-0.39, 0.29) is 18.7 Å². The average Bonchev–Trinajstić information content (AvgIpc) is 2.28. The van der Waals surface area contributed by atoms with Crippen molar-refractivity contribution in [3.05, 3.63) is 30.3 Å². The standard InChI is InChI=1S/C11H12O4/c12-11-8-13-6-10(15-11)7-14-9-4-2-1-3-5-9/h1-5,10H,6-8H2. The first-order valence-electron chi connectivity index (χ1n) is 4.79. The van der Waals surface area contributed by atoms with Gasteiger partial charge in [-0.3, -0.25) is 0 Å². The lowest BCUT2D eigenvalue weighted by Gasteiger charge is -2.22. The van der Waals surface area contributed by atoms with E-state index in [4.69, 9.17) is 14.2 Å². The summed E-state index contributed by atoms with van der Waals surface area (Å²) in [6, 6.07) is 9.39. The fourth-order valence-corrected chi connectivity index (χ4v) is 1.32. The third-order valence-corrected chi connectivity index (χ3v) is 2.00. The molecule has 1 atom stereocenters. The van der Waals surface area contributed by atoms with E-state index in [9.17, 15) is 4.79 Å². The van der Waals surface area contributed by atoms with Crippen LogP contribution in [0, 0.1) is 0 Å². The minimum atomic E-state index is -0.331. The molecule has 0 bridgehead atoms. The minimum absolute atomic E-state index is 0.0435. The Labute approximate surface area is 87.8 Å². The van der Waals surface area contributed by atoms with Crippen LogP contribution in [0.3, 0.4) is 0 Å². The predicted molar refractivity (Wildman–Crippen MR) is 52.6 cm³/mol. The van der Waals surface area contributed by atoms with Crippen LogP contribution in [0.2, 0.25) is 0 Å². The molecule has 1 unspecified atom stereocenters. The molecule has 1 aliphatic heterocycles. The van der Waals surface area contributed by atoms with E-state index < -0.39 is 0 Å². The van der Waals surface area contributed by atoms with Crippen molar-refractivity contribution >= 4 is 5.97 Å². The lowest BCUT2D eigenvalue weighted by Crippen LogP contribution is -2.36. The molecule has 1 aromatic carbocycles. The van der Waals surface area contributed by atoms with Gasteiger partial charge in [-0.05, 0) is 12.1 Å². The highest BCUT2D eigenvalue weighted by molar-refractivity contribution is 5.71. The lowest BCUT2D eigenvalue weighted by molar-refractivity contribution is -0.172. The molecule has 0 aliphatic carbocycles. The Bertz CT molecular complexity index is 323. The highest BCUT2D eigenvalue weighted by atomic mass is 16.6. The first-order valence-corrected chi connectivity index (χ1v) is 4.79. The van der Waals surface area contributed by atoms with Crippen LogP contribution in [0.1, 0.15) is 0 Å². The number of carbonyl (C=O) groups is 1. The van der Waals surface area contributed by atoms with Gasteiger partial charge in [-0.15, -0.1) is 0 Å². The average molecular weight is 208 g/mol. The van der Waals surface area contributed by atoms with Gasteiger partial charge in [0.05, 0.1) is 6.61 Å². The number of para-hydroxylation sites is 1. The highest BCUT2D eigenvalue weighted by Crippen LogP contribution is 2.10. The molecule has 0 aromatic heterocycles. The topological polar surface area (TPSA) is 44.8 Å². The number of esters is 1. The smallest absolute Gasteiger partial charge is 0.332 e. The Morgan fingerprint density at radius 2 is 2.13 bits per heavy atom. The van der Waals surface area contributed by atoms with Crippen molar-refractivity contribution in [2.75, 3.05) is 19.8 Å². The summed E-state index contributed by atoms with van der Waals surface area (Å²) < 4.78 is 15.5. The third-order valence-electron chi connectivity index (χ3n) is 2.00. The number of rotatable bonds is 3. The monoisotopic (exact) mass is 208 g/mol. The molecule has 0 radical (unpaired) electrons. The predicted octanol–water partition coefficient (Wildman–Crippen LogP) is 1.01. The minimum Gasteiger partial charge on any atom is -0.490 e. The van der Waals surface area contributed by atoms with Crippen molar-refractivity contribution in [2.24, 2.45) is 0 Å². The fraction of sp³-hybridized carbons (Fsp3) is 0.364. The van der Waals surface area contributed by atoms with E-state index >= 15 is 0 Å². The molecule has 1 saturated heterocycles. The van der Waals surface area contributed by atoms with E-state index in [2.05, 4.69) is 0 Å². The third kappa shape index (κ3) is 2.95. The Hall–Kier alpha value is -1.55. The SMILES string of the molecule is O=C1COCC(COc2ccccc2)O1. The molecule has 2 rings (SSSR count). The largest absolute Gasteiger partial charge is 0.490 e. The van der Waals surface area contributed by atoms with Crippen molar-refractivity contribution in [2.45, 2.75) is 6.10 Å². The molecule has 15 heavy (non-hydrogen) atoms. The summed E-state index contributed by atoms with van der Waals surface area (Å²) in [6.07, 6.45) is -0.300. The zero-order valence-electron chi connectivity index (χ0n) is 8.22. The van der Waals surface area contributed by atoms with Gasteiger partial charge in [-0.1, -0.05) is 18.2 Å². The van der Waals surface area contributed by atoms with Crippen LogP contribution in [0.15, 0.2) is 30.3 Å². The molecule has 0 N–H and O–H groups in total. The number of ether oxygens (including phenoxy) is 3. The first-order chi connectivity index (χ1) is 7.34. The summed E-state index contributed by atoms with van der Waals surface area (Å²) in [5, 5.41) is 0. The molecule has 1 aromatic rings. The molecule has 0 amide bonds. The van der Waals surface area contributed by atoms with Crippen LogP contribution in [0.5, 0.6) is 5.75 Å². The van der Waals surface area contributed by atoms with Gasteiger partial charge in [-0.25, -0.2) is 4.79 Å².